The van der Waals surface area contributed by atoms with Crippen LogP contribution in [0.15, 0.2) is 21.9 Å². The number of nitro groups is 1. The number of urea groups is 1. The van der Waals surface area contributed by atoms with Gasteiger partial charge in [-0.3, -0.25) is 15.1 Å². The molecule has 0 fully saturated rings. The number of fused-ring (bicyclic) bond motifs is 1. The van der Waals surface area contributed by atoms with Crippen LogP contribution in [0, 0.1) is 10.1 Å². The Labute approximate surface area is 72.0 Å². The van der Waals surface area contributed by atoms with Crippen LogP contribution in [0.5, 0.6) is 0 Å². The summed E-state index contributed by atoms with van der Waals surface area (Å²) < 4.78 is 0. The summed E-state index contributed by atoms with van der Waals surface area (Å²) >= 11 is 0. The van der Waals surface area contributed by atoms with Gasteiger partial charge in [0.05, 0.1) is 16.8 Å². The van der Waals surface area contributed by atoms with Crippen LogP contribution in [0.3, 0.4) is 0 Å². The minimum atomic E-state index is -0.736. The highest BCUT2D eigenvalue weighted by atomic mass is 16.6. The van der Waals surface area contributed by atoms with E-state index in [4.69, 9.17) is 0 Å². The second-order valence-electron chi connectivity index (χ2n) is 2.51. The van der Waals surface area contributed by atoms with Crippen molar-refractivity contribution in [3.8, 4) is 0 Å². The number of hydrogen-bond acceptors (Lipinski definition) is 4. The van der Waals surface area contributed by atoms with Crippen LogP contribution in [0.4, 0.5) is 4.79 Å². The summed E-state index contributed by atoms with van der Waals surface area (Å²) in [6.45, 7) is 0. The molecule has 2 aliphatic rings. The van der Waals surface area contributed by atoms with Gasteiger partial charge < -0.3 is 5.32 Å². The highest BCUT2D eigenvalue weighted by Gasteiger charge is 2.36. The van der Waals surface area contributed by atoms with Crippen LogP contribution in [0.25, 0.3) is 0 Å². The van der Waals surface area contributed by atoms with Gasteiger partial charge in [0.1, 0.15) is 6.20 Å². The molecule has 66 valence electrons. The quantitative estimate of drug-likeness (QED) is 0.444. The molecule has 2 aliphatic heterocycles. The third-order valence-corrected chi connectivity index (χ3v) is 1.71. The molecule has 0 saturated heterocycles. The van der Waals surface area contributed by atoms with E-state index in [2.05, 4.69) is 15.3 Å². The third kappa shape index (κ3) is 1.10. The lowest BCUT2D eigenvalue weighted by Crippen LogP contribution is -2.38. The monoisotopic (exact) mass is 180 g/mol. The lowest BCUT2D eigenvalue weighted by Gasteiger charge is -2.09. The van der Waals surface area contributed by atoms with Gasteiger partial charge in [-0.1, -0.05) is 0 Å². The number of carbonyl (C=O) groups is 1. The fourth-order valence-electron chi connectivity index (χ4n) is 1.16. The molecule has 2 amide bonds. The van der Waals surface area contributed by atoms with Crippen molar-refractivity contribution in [1.82, 2.24) is 5.32 Å². The van der Waals surface area contributed by atoms with E-state index in [0.29, 0.717) is 5.71 Å². The summed E-state index contributed by atoms with van der Waals surface area (Å²) in [5, 5.41) is 12.8. The van der Waals surface area contributed by atoms with Crippen LogP contribution in [-0.4, -0.2) is 28.9 Å². The van der Waals surface area contributed by atoms with Gasteiger partial charge in [0.25, 0.3) is 5.70 Å². The average Bonchev–Trinajstić information content (AvgIpc) is 2.43. The molecule has 0 spiro atoms. The zero-order chi connectivity index (χ0) is 9.42. The van der Waals surface area contributed by atoms with Gasteiger partial charge in [-0.15, -0.1) is 0 Å². The number of aliphatic imine (C=N–C) groups is 2. The zero-order valence-corrected chi connectivity index (χ0v) is 6.30. The summed E-state index contributed by atoms with van der Waals surface area (Å²) in [6, 6.07) is -1.30. The molecule has 0 saturated carbocycles. The summed E-state index contributed by atoms with van der Waals surface area (Å²) in [5.41, 5.74) is 0.131. The second-order valence-corrected chi connectivity index (χ2v) is 2.51. The number of nitrogens with one attached hydrogen (secondary N) is 1. The van der Waals surface area contributed by atoms with Crippen molar-refractivity contribution in [3.63, 3.8) is 0 Å². The summed E-state index contributed by atoms with van der Waals surface area (Å²) in [6.07, 6.45) is 2.44. The molecule has 1 unspecified atom stereocenters. The lowest BCUT2D eigenvalue weighted by molar-refractivity contribution is -0.428. The van der Waals surface area contributed by atoms with Crippen molar-refractivity contribution in [2.75, 3.05) is 0 Å². The van der Waals surface area contributed by atoms with Crippen LogP contribution in [0.1, 0.15) is 0 Å². The SMILES string of the molecule is O=C1N=C2C=NC=C([N+](=O)[O-])C2N1. The number of carbonyl (C=O) groups excluding carboxylic acids is 1. The minimum Gasteiger partial charge on any atom is -0.318 e. The first kappa shape index (κ1) is 7.59. The first-order chi connectivity index (χ1) is 6.18. The number of rotatable bonds is 1. The van der Waals surface area contributed by atoms with E-state index in [1.165, 1.54) is 6.21 Å². The van der Waals surface area contributed by atoms with Gasteiger partial charge >= 0.3 is 6.03 Å². The standard InChI is InChI=1S/C6H4N4O3/c11-6-8-3-1-7-2-4(10(12)13)5(3)9-6/h1-2,5H,(H,9,11). The smallest absolute Gasteiger partial charge is 0.318 e. The Kier molecular flexibility index (Phi) is 1.44. The van der Waals surface area contributed by atoms with Gasteiger partial charge in [0.2, 0.25) is 0 Å². The van der Waals surface area contributed by atoms with Crippen molar-refractivity contribution >= 4 is 18.0 Å². The largest absolute Gasteiger partial charge is 0.342 e. The molecule has 1 atom stereocenters. The molecule has 0 radical (unpaired) electrons. The topological polar surface area (TPSA) is 97.0 Å². The highest BCUT2D eigenvalue weighted by Crippen LogP contribution is 2.13. The average molecular weight is 180 g/mol. The van der Waals surface area contributed by atoms with Crippen LogP contribution in [0.2, 0.25) is 0 Å². The number of hydrogen-bond donors (Lipinski definition) is 1. The van der Waals surface area contributed by atoms with E-state index >= 15 is 0 Å². The van der Waals surface area contributed by atoms with E-state index in [9.17, 15) is 14.9 Å². The maximum absolute atomic E-state index is 10.8. The van der Waals surface area contributed by atoms with E-state index < -0.39 is 17.0 Å². The Balaban J connectivity index is 2.39. The van der Waals surface area contributed by atoms with Gasteiger partial charge in [0.15, 0.2) is 6.04 Å². The number of amides is 2. The predicted molar refractivity (Wildman–Crippen MR) is 43.3 cm³/mol. The van der Waals surface area contributed by atoms with Crippen LogP contribution < -0.4 is 5.32 Å². The Morgan fingerprint density at radius 2 is 2.38 bits per heavy atom. The maximum Gasteiger partial charge on any atom is 0.342 e. The van der Waals surface area contributed by atoms with E-state index in [1.807, 2.05) is 0 Å². The molecule has 2 rings (SSSR count). The Bertz CT molecular complexity index is 381. The molecule has 0 aromatic carbocycles. The normalized spacial score (nSPS) is 24.6. The molecule has 0 aliphatic carbocycles. The first-order valence-corrected chi connectivity index (χ1v) is 3.45. The summed E-state index contributed by atoms with van der Waals surface area (Å²) in [7, 11) is 0. The molecular formula is C6H4N4O3. The van der Waals surface area contributed by atoms with Crippen molar-refractivity contribution in [2.45, 2.75) is 6.04 Å². The Hall–Kier alpha value is -2.05. The van der Waals surface area contributed by atoms with Crippen molar-refractivity contribution in [3.05, 3.63) is 22.0 Å². The molecule has 2 heterocycles. The second kappa shape index (κ2) is 2.47. The Morgan fingerprint density at radius 1 is 1.62 bits per heavy atom. The van der Waals surface area contributed by atoms with Crippen LogP contribution >= 0.6 is 0 Å². The minimum absolute atomic E-state index is 0.160. The van der Waals surface area contributed by atoms with Gasteiger partial charge in [0, 0.05) is 0 Å². The summed E-state index contributed by atoms with van der Waals surface area (Å²) in [5.74, 6) is 0. The number of nitrogens with zero attached hydrogens (tertiary/aromatic N) is 3. The van der Waals surface area contributed by atoms with Crippen molar-refractivity contribution in [2.24, 2.45) is 9.98 Å². The first-order valence-electron chi connectivity index (χ1n) is 3.45. The lowest BCUT2D eigenvalue weighted by atomic mass is 10.1. The van der Waals surface area contributed by atoms with E-state index in [1.54, 1.807) is 0 Å². The fraction of sp³-hybridized carbons (Fsp3) is 0.167. The van der Waals surface area contributed by atoms with E-state index in [0.717, 1.165) is 6.20 Å². The molecular weight excluding hydrogens is 176 g/mol. The van der Waals surface area contributed by atoms with Gasteiger partial charge in [-0.2, -0.15) is 4.99 Å². The molecule has 0 bridgehead atoms. The summed E-state index contributed by atoms with van der Waals surface area (Å²) in [4.78, 5) is 27.8. The van der Waals surface area contributed by atoms with Gasteiger partial charge in [-0.25, -0.2) is 4.79 Å². The van der Waals surface area contributed by atoms with Crippen molar-refractivity contribution in [1.29, 1.82) is 0 Å². The van der Waals surface area contributed by atoms with Crippen molar-refractivity contribution < 1.29 is 9.72 Å². The maximum atomic E-state index is 10.8. The zero-order valence-electron chi connectivity index (χ0n) is 6.30. The molecule has 7 heteroatoms. The molecule has 0 aromatic heterocycles. The van der Waals surface area contributed by atoms with Gasteiger partial charge in [-0.05, 0) is 0 Å². The molecule has 7 nitrogen and oxygen atoms in total. The van der Waals surface area contributed by atoms with E-state index in [-0.39, 0.29) is 5.70 Å². The fourth-order valence-corrected chi connectivity index (χ4v) is 1.16. The highest BCUT2D eigenvalue weighted by molar-refractivity contribution is 6.38. The molecule has 1 N–H and O–H groups in total. The van der Waals surface area contributed by atoms with Crippen LogP contribution in [-0.2, 0) is 0 Å². The predicted octanol–water partition coefficient (Wildman–Crippen LogP) is -0.278. The Morgan fingerprint density at radius 3 is 3.08 bits per heavy atom. The third-order valence-electron chi connectivity index (χ3n) is 1.71. The molecule has 13 heavy (non-hydrogen) atoms. The molecule has 0 aromatic rings.